The van der Waals surface area contributed by atoms with Crippen LogP contribution in [0.4, 0.5) is 11.5 Å². The molecule has 1 aromatic rings. The first-order valence-electron chi connectivity index (χ1n) is 6.54. The summed E-state index contributed by atoms with van der Waals surface area (Å²) in [6.45, 7) is 5.28. The van der Waals surface area contributed by atoms with Crippen molar-refractivity contribution in [2.75, 3.05) is 32.6 Å². The zero-order valence-electron chi connectivity index (χ0n) is 12.6. The van der Waals surface area contributed by atoms with E-state index >= 15 is 0 Å². The molecule has 1 rings (SSSR count). The van der Waals surface area contributed by atoms with Crippen LogP contribution in [0.2, 0.25) is 0 Å². The van der Waals surface area contributed by atoms with Gasteiger partial charge in [0.05, 0.1) is 12.0 Å². The molecule has 0 aliphatic heterocycles. The first-order valence-corrected chi connectivity index (χ1v) is 6.54. The van der Waals surface area contributed by atoms with Gasteiger partial charge in [0.2, 0.25) is 5.82 Å². The molecule has 0 saturated heterocycles. The fraction of sp³-hybridized carbons (Fsp3) is 0.538. The molecule has 0 saturated carbocycles. The number of hydrogen-bond acceptors (Lipinski definition) is 7. The summed E-state index contributed by atoms with van der Waals surface area (Å²) in [6, 6.07) is 2.89. The van der Waals surface area contributed by atoms with Crippen LogP contribution in [-0.4, -0.2) is 54.1 Å². The van der Waals surface area contributed by atoms with Crippen molar-refractivity contribution in [2.24, 2.45) is 0 Å². The van der Waals surface area contributed by atoms with Crippen molar-refractivity contribution in [3.63, 3.8) is 0 Å². The molecule has 0 bridgehead atoms. The largest absolute Gasteiger partial charge is 0.464 e. The number of nitrogens with one attached hydrogen (secondary N) is 1. The molecule has 0 aliphatic rings. The van der Waals surface area contributed by atoms with E-state index in [9.17, 15) is 14.9 Å². The lowest BCUT2D eigenvalue weighted by atomic mass is 10.3. The number of esters is 1. The summed E-state index contributed by atoms with van der Waals surface area (Å²) in [6.07, 6.45) is 0. The van der Waals surface area contributed by atoms with Gasteiger partial charge >= 0.3 is 11.7 Å². The molecule has 1 N–H and O–H groups in total. The number of likely N-dealkylation sites (N-methyl/N-ethyl adjacent to an activating group) is 1. The van der Waals surface area contributed by atoms with Gasteiger partial charge in [0.25, 0.3) is 0 Å². The van der Waals surface area contributed by atoms with E-state index in [0.717, 1.165) is 0 Å². The number of aromatic nitrogens is 1. The molecule has 1 heterocycles. The van der Waals surface area contributed by atoms with E-state index in [0.29, 0.717) is 19.1 Å². The third kappa shape index (κ3) is 4.67. The Morgan fingerprint density at radius 2 is 2.19 bits per heavy atom. The van der Waals surface area contributed by atoms with E-state index in [1.165, 1.54) is 19.2 Å². The fourth-order valence-electron chi connectivity index (χ4n) is 1.56. The molecular formula is C13H20N4O4. The Balaban J connectivity index is 2.86. The normalized spacial score (nSPS) is 10.8. The van der Waals surface area contributed by atoms with Gasteiger partial charge in [-0.15, -0.1) is 0 Å². The lowest BCUT2D eigenvalue weighted by Crippen LogP contribution is -2.31. The molecule has 8 heteroatoms. The van der Waals surface area contributed by atoms with Crippen molar-refractivity contribution in [3.8, 4) is 0 Å². The number of pyridine rings is 1. The van der Waals surface area contributed by atoms with Gasteiger partial charge in [-0.1, -0.05) is 0 Å². The van der Waals surface area contributed by atoms with Crippen molar-refractivity contribution in [3.05, 3.63) is 27.9 Å². The van der Waals surface area contributed by atoms with Crippen molar-refractivity contribution in [1.29, 1.82) is 0 Å². The van der Waals surface area contributed by atoms with Crippen molar-refractivity contribution in [2.45, 2.75) is 19.9 Å². The Morgan fingerprint density at radius 3 is 2.71 bits per heavy atom. The number of hydrogen-bond donors (Lipinski definition) is 1. The number of anilines is 1. The number of ether oxygens (including phenoxy) is 1. The van der Waals surface area contributed by atoms with Crippen LogP contribution in [0.1, 0.15) is 24.3 Å². The standard InChI is InChI=1S/C13H20N4O4/c1-9(2)16(3)8-7-14-12-11(17(19)20)6-5-10(15-12)13(18)21-4/h5-6,9H,7-8H2,1-4H3,(H,14,15). The summed E-state index contributed by atoms with van der Waals surface area (Å²) in [5.74, 6) is -0.563. The van der Waals surface area contributed by atoms with Gasteiger partial charge in [0.15, 0.2) is 5.69 Å². The summed E-state index contributed by atoms with van der Waals surface area (Å²) in [5, 5.41) is 13.9. The Bertz CT molecular complexity index is 519. The van der Waals surface area contributed by atoms with Crippen molar-refractivity contribution in [1.82, 2.24) is 9.88 Å². The minimum Gasteiger partial charge on any atom is -0.464 e. The topological polar surface area (TPSA) is 97.6 Å². The van der Waals surface area contributed by atoms with Crippen molar-refractivity contribution < 1.29 is 14.5 Å². The maximum Gasteiger partial charge on any atom is 0.356 e. The molecule has 0 aromatic carbocycles. The zero-order valence-corrected chi connectivity index (χ0v) is 12.6. The number of nitrogens with zero attached hydrogens (tertiary/aromatic N) is 3. The molecule has 0 unspecified atom stereocenters. The Labute approximate surface area is 123 Å². The number of nitro groups is 1. The summed E-state index contributed by atoms with van der Waals surface area (Å²) >= 11 is 0. The van der Waals surface area contributed by atoms with Crippen LogP contribution in [0.25, 0.3) is 0 Å². The molecule has 0 amide bonds. The van der Waals surface area contributed by atoms with E-state index in [1.54, 1.807) is 0 Å². The average Bonchev–Trinajstić information content (AvgIpc) is 2.45. The van der Waals surface area contributed by atoms with Gasteiger partial charge < -0.3 is 15.0 Å². The second kappa shape index (κ2) is 7.53. The molecule has 21 heavy (non-hydrogen) atoms. The summed E-state index contributed by atoms with van der Waals surface area (Å²) < 4.78 is 4.56. The summed E-state index contributed by atoms with van der Waals surface area (Å²) in [7, 11) is 3.19. The highest BCUT2D eigenvalue weighted by atomic mass is 16.6. The smallest absolute Gasteiger partial charge is 0.356 e. The van der Waals surface area contributed by atoms with Crippen LogP contribution in [0.15, 0.2) is 12.1 Å². The highest BCUT2D eigenvalue weighted by molar-refractivity contribution is 5.88. The van der Waals surface area contributed by atoms with Gasteiger partial charge in [-0.3, -0.25) is 10.1 Å². The number of carbonyl (C=O) groups excluding carboxylic acids is 1. The van der Waals surface area contributed by atoms with Crippen LogP contribution in [0, 0.1) is 10.1 Å². The SMILES string of the molecule is COC(=O)c1ccc([N+](=O)[O-])c(NCCN(C)C(C)C)n1. The lowest BCUT2D eigenvalue weighted by molar-refractivity contribution is -0.384. The molecule has 0 spiro atoms. The maximum atomic E-state index is 11.4. The van der Waals surface area contributed by atoms with Crippen LogP contribution in [-0.2, 0) is 4.74 Å². The molecule has 1 aromatic heterocycles. The molecule has 0 fully saturated rings. The predicted octanol–water partition coefficient (Wildman–Crippen LogP) is 1.53. The van der Waals surface area contributed by atoms with Gasteiger partial charge in [-0.25, -0.2) is 9.78 Å². The number of rotatable bonds is 7. The lowest BCUT2D eigenvalue weighted by Gasteiger charge is -2.21. The predicted molar refractivity (Wildman–Crippen MR) is 78.5 cm³/mol. The van der Waals surface area contributed by atoms with Crippen LogP contribution >= 0.6 is 0 Å². The minimum atomic E-state index is -0.632. The highest BCUT2D eigenvalue weighted by Gasteiger charge is 2.19. The summed E-state index contributed by atoms with van der Waals surface area (Å²) in [4.78, 5) is 27.9. The Hall–Kier alpha value is -2.22. The third-order valence-electron chi connectivity index (χ3n) is 3.10. The van der Waals surface area contributed by atoms with Crippen LogP contribution in [0.5, 0.6) is 0 Å². The zero-order chi connectivity index (χ0) is 16.0. The maximum absolute atomic E-state index is 11.4. The molecule has 0 aliphatic carbocycles. The quantitative estimate of drug-likeness (QED) is 0.463. The van der Waals surface area contributed by atoms with Gasteiger partial charge in [0.1, 0.15) is 0 Å². The van der Waals surface area contributed by atoms with E-state index < -0.39 is 10.9 Å². The first-order chi connectivity index (χ1) is 9.86. The molecule has 0 atom stereocenters. The molecule has 8 nitrogen and oxygen atoms in total. The third-order valence-corrected chi connectivity index (χ3v) is 3.10. The average molecular weight is 296 g/mol. The van der Waals surface area contributed by atoms with Crippen LogP contribution in [0.3, 0.4) is 0 Å². The fourth-order valence-corrected chi connectivity index (χ4v) is 1.56. The minimum absolute atomic E-state index is 0.0304. The first kappa shape index (κ1) is 16.8. The number of methoxy groups -OCH3 is 1. The van der Waals surface area contributed by atoms with Gasteiger partial charge in [0, 0.05) is 25.2 Å². The van der Waals surface area contributed by atoms with Gasteiger partial charge in [-0.2, -0.15) is 0 Å². The second-order valence-corrected chi connectivity index (χ2v) is 4.81. The van der Waals surface area contributed by atoms with E-state index in [1.807, 2.05) is 7.05 Å². The van der Waals surface area contributed by atoms with E-state index in [2.05, 4.69) is 33.8 Å². The monoisotopic (exact) mass is 296 g/mol. The Kier molecular flexibility index (Phi) is 6.04. The highest BCUT2D eigenvalue weighted by Crippen LogP contribution is 2.22. The van der Waals surface area contributed by atoms with Gasteiger partial charge in [-0.05, 0) is 27.0 Å². The summed E-state index contributed by atoms with van der Waals surface area (Å²) in [5.41, 5.74) is -0.141. The van der Waals surface area contributed by atoms with E-state index in [4.69, 9.17) is 0 Å². The number of carbonyl (C=O) groups is 1. The molecular weight excluding hydrogens is 276 g/mol. The van der Waals surface area contributed by atoms with Crippen molar-refractivity contribution >= 4 is 17.5 Å². The Morgan fingerprint density at radius 1 is 1.52 bits per heavy atom. The molecule has 116 valence electrons. The van der Waals surface area contributed by atoms with Crippen LogP contribution < -0.4 is 5.32 Å². The van der Waals surface area contributed by atoms with E-state index in [-0.39, 0.29) is 17.2 Å². The second-order valence-electron chi connectivity index (χ2n) is 4.81. The molecule has 0 radical (unpaired) electrons.